The van der Waals surface area contributed by atoms with E-state index in [1.54, 1.807) is 18.7 Å². The SMILES string of the molecule is C=CCn1c(SC(C)c2nnc(C)o2)nnc1-c1ccc(C(C)(C)C)cc1. The molecule has 0 aliphatic rings. The van der Waals surface area contributed by atoms with Crippen molar-refractivity contribution < 1.29 is 4.42 Å². The minimum Gasteiger partial charge on any atom is -0.424 e. The molecule has 0 aliphatic heterocycles. The smallest absolute Gasteiger partial charge is 0.229 e. The number of hydrogen-bond donors (Lipinski definition) is 0. The molecule has 1 unspecified atom stereocenters. The summed E-state index contributed by atoms with van der Waals surface area (Å²) in [4.78, 5) is 0. The first-order valence-electron chi connectivity index (χ1n) is 8.91. The Bertz CT molecular complexity index is 921. The first-order chi connectivity index (χ1) is 12.8. The molecule has 6 nitrogen and oxygen atoms in total. The van der Waals surface area contributed by atoms with Gasteiger partial charge in [0.25, 0.3) is 0 Å². The van der Waals surface area contributed by atoms with Gasteiger partial charge in [0, 0.05) is 19.0 Å². The van der Waals surface area contributed by atoms with Crippen molar-refractivity contribution in [3.8, 4) is 11.4 Å². The summed E-state index contributed by atoms with van der Waals surface area (Å²) in [5.74, 6) is 1.97. The van der Waals surface area contributed by atoms with Crippen molar-refractivity contribution in [1.82, 2.24) is 25.0 Å². The van der Waals surface area contributed by atoms with Crippen molar-refractivity contribution in [2.45, 2.75) is 57.0 Å². The lowest BCUT2D eigenvalue weighted by molar-refractivity contribution is 0.470. The van der Waals surface area contributed by atoms with Crippen LogP contribution in [-0.4, -0.2) is 25.0 Å². The molecule has 1 aromatic carbocycles. The molecule has 2 aromatic heterocycles. The molecule has 27 heavy (non-hydrogen) atoms. The normalized spacial score (nSPS) is 12.9. The molecular formula is C20H25N5OS. The average Bonchev–Trinajstić information content (AvgIpc) is 3.22. The molecule has 7 heteroatoms. The second-order valence-electron chi connectivity index (χ2n) is 7.45. The highest BCUT2D eigenvalue weighted by molar-refractivity contribution is 7.99. The van der Waals surface area contributed by atoms with E-state index in [9.17, 15) is 0 Å². The number of benzene rings is 1. The van der Waals surface area contributed by atoms with Gasteiger partial charge in [0.2, 0.25) is 11.8 Å². The Kier molecular flexibility index (Phi) is 5.51. The van der Waals surface area contributed by atoms with Crippen LogP contribution in [0.5, 0.6) is 0 Å². The summed E-state index contributed by atoms with van der Waals surface area (Å²) in [6, 6.07) is 8.50. The van der Waals surface area contributed by atoms with Crippen molar-refractivity contribution in [2.24, 2.45) is 0 Å². The van der Waals surface area contributed by atoms with Gasteiger partial charge in [-0.3, -0.25) is 4.57 Å². The molecule has 3 rings (SSSR count). The van der Waals surface area contributed by atoms with Crippen LogP contribution in [0.1, 0.15) is 50.3 Å². The lowest BCUT2D eigenvalue weighted by Gasteiger charge is -2.19. The lowest BCUT2D eigenvalue weighted by atomic mass is 9.87. The summed E-state index contributed by atoms with van der Waals surface area (Å²) in [6.45, 7) is 14.9. The first-order valence-corrected chi connectivity index (χ1v) is 9.79. The highest BCUT2D eigenvalue weighted by Gasteiger charge is 2.21. The summed E-state index contributed by atoms with van der Waals surface area (Å²) in [5.41, 5.74) is 2.44. The van der Waals surface area contributed by atoms with Gasteiger partial charge in [-0.15, -0.1) is 27.0 Å². The van der Waals surface area contributed by atoms with Gasteiger partial charge in [-0.05, 0) is 17.9 Å². The van der Waals surface area contributed by atoms with Crippen LogP contribution in [0, 0.1) is 6.92 Å². The second kappa shape index (κ2) is 7.68. The Morgan fingerprint density at radius 3 is 2.41 bits per heavy atom. The molecule has 3 aromatic rings. The van der Waals surface area contributed by atoms with Crippen molar-refractivity contribution >= 4 is 11.8 Å². The molecule has 1 atom stereocenters. The van der Waals surface area contributed by atoms with E-state index in [1.807, 2.05) is 13.0 Å². The summed E-state index contributed by atoms with van der Waals surface area (Å²) >= 11 is 1.54. The quantitative estimate of drug-likeness (QED) is 0.442. The van der Waals surface area contributed by atoms with E-state index in [-0.39, 0.29) is 10.7 Å². The molecule has 0 saturated heterocycles. The van der Waals surface area contributed by atoms with Gasteiger partial charge in [-0.25, -0.2) is 0 Å². The predicted octanol–water partition coefficient (Wildman–Crippen LogP) is 4.97. The Balaban J connectivity index is 1.90. The monoisotopic (exact) mass is 383 g/mol. The number of aromatic nitrogens is 5. The Morgan fingerprint density at radius 1 is 1.15 bits per heavy atom. The lowest BCUT2D eigenvalue weighted by Crippen LogP contribution is -2.10. The van der Waals surface area contributed by atoms with E-state index in [1.165, 1.54) is 5.56 Å². The van der Waals surface area contributed by atoms with E-state index >= 15 is 0 Å². The average molecular weight is 384 g/mol. The highest BCUT2D eigenvalue weighted by atomic mass is 32.2. The van der Waals surface area contributed by atoms with E-state index in [0.717, 1.165) is 16.5 Å². The summed E-state index contributed by atoms with van der Waals surface area (Å²) < 4.78 is 7.59. The Morgan fingerprint density at radius 2 is 1.85 bits per heavy atom. The minimum atomic E-state index is -0.0184. The summed E-state index contributed by atoms with van der Waals surface area (Å²) in [6.07, 6.45) is 1.85. The van der Waals surface area contributed by atoms with Gasteiger partial charge in [-0.1, -0.05) is 62.9 Å². The third kappa shape index (κ3) is 4.30. The molecular weight excluding hydrogens is 358 g/mol. The van der Waals surface area contributed by atoms with Gasteiger partial charge < -0.3 is 4.42 Å². The fourth-order valence-corrected chi connectivity index (χ4v) is 3.58. The molecule has 0 N–H and O–H groups in total. The molecule has 0 saturated carbocycles. The largest absolute Gasteiger partial charge is 0.424 e. The third-order valence-corrected chi connectivity index (χ3v) is 5.28. The van der Waals surface area contributed by atoms with Crippen LogP contribution in [0.25, 0.3) is 11.4 Å². The van der Waals surface area contributed by atoms with Gasteiger partial charge >= 0.3 is 0 Å². The Hall–Kier alpha value is -2.41. The van der Waals surface area contributed by atoms with E-state index in [4.69, 9.17) is 4.42 Å². The van der Waals surface area contributed by atoms with Crippen LogP contribution in [0.2, 0.25) is 0 Å². The van der Waals surface area contributed by atoms with Crippen molar-refractivity contribution in [3.05, 3.63) is 54.3 Å². The Labute approximate surface area is 164 Å². The van der Waals surface area contributed by atoms with Gasteiger partial charge in [0.05, 0.1) is 5.25 Å². The van der Waals surface area contributed by atoms with Crippen LogP contribution >= 0.6 is 11.8 Å². The maximum Gasteiger partial charge on any atom is 0.229 e. The van der Waals surface area contributed by atoms with Crippen molar-refractivity contribution in [1.29, 1.82) is 0 Å². The van der Waals surface area contributed by atoms with Crippen molar-refractivity contribution in [3.63, 3.8) is 0 Å². The molecule has 142 valence electrons. The standard InChI is InChI=1S/C20H25N5OS/c1-7-12-25-17(15-8-10-16(11-9-15)20(4,5)6)22-24-19(25)27-13(2)18-23-21-14(3)26-18/h7-11,13H,1,12H2,2-6H3. The number of aryl methyl sites for hydroxylation is 1. The van der Waals surface area contributed by atoms with Gasteiger partial charge in [-0.2, -0.15) is 0 Å². The zero-order chi connectivity index (χ0) is 19.6. The molecule has 2 heterocycles. The molecule has 0 radical (unpaired) electrons. The first kappa shape index (κ1) is 19.4. The second-order valence-corrected chi connectivity index (χ2v) is 8.76. The molecule has 0 fully saturated rings. The fraction of sp³-hybridized carbons (Fsp3) is 0.400. The topological polar surface area (TPSA) is 69.6 Å². The van der Waals surface area contributed by atoms with Crippen LogP contribution in [0.4, 0.5) is 0 Å². The molecule has 0 bridgehead atoms. The number of allylic oxidation sites excluding steroid dienone is 1. The highest BCUT2D eigenvalue weighted by Crippen LogP contribution is 2.35. The van der Waals surface area contributed by atoms with Gasteiger partial charge in [0.15, 0.2) is 11.0 Å². The zero-order valence-electron chi connectivity index (χ0n) is 16.4. The zero-order valence-corrected chi connectivity index (χ0v) is 17.2. The number of hydrogen-bond acceptors (Lipinski definition) is 6. The van der Waals surface area contributed by atoms with Crippen LogP contribution in [0.15, 0.2) is 46.5 Å². The summed E-state index contributed by atoms with van der Waals surface area (Å²) in [7, 11) is 0. The van der Waals surface area contributed by atoms with E-state index in [0.29, 0.717) is 18.3 Å². The maximum atomic E-state index is 5.53. The molecule has 0 aliphatic carbocycles. The third-order valence-electron chi connectivity index (χ3n) is 4.21. The van der Waals surface area contributed by atoms with Crippen molar-refractivity contribution in [2.75, 3.05) is 0 Å². The van der Waals surface area contributed by atoms with Crippen LogP contribution in [0.3, 0.4) is 0 Å². The van der Waals surface area contributed by atoms with Crippen LogP contribution in [-0.2, 0) is 12.0 Å². The molecule has 0 spiro atoms. The summed E-state index contributed by atoms with van der Waals surface area (Å²) in [5, 5.41) is 17.6. The number of nitrogens with zero attached hydrogens (tertiary/aromatic N) is 5. The molecule has 0 amide bonds. The van der Waals surface area contributed by atoms with Gasteiger partial charge in [0.1, 0.15) is 0 Å². The minimum absolute atomic E-state index is 0.0184. The number of rotatable bonds is 6. The van der Waals surface area contributed by atoms with E-state index < -0.39 is 0 Å². The fourth-order valence-electron chi connectivity index (χ4n) is 2.69. The number of thioether (sulfide) groups is 1. The van der Waals surface area contributed by atoms with Crippen LogP contribution < -0.4 is 0 Å². The maximum absolute atomic E-state index is 5.53. The van der Waals surface area contributed by atoms with E-state index in [2.05, 4.69) is 76.6 Å². The predicted molar refractivity (Wildman–Crippen MR) is 108 cm³/mol.